The smallest absolute Gasteiger partial charge is 0.427 e. The van der Waals surface area contributed by atoms with E-state index in [4.69, 9.17) is 15.8 Å². The Morgan fingerprint density at radius 2 is 2.00 bits per heavy atom. The molecule has 4 nitrogen and oxygen atoms in total. The van der Waals surface area contributed by atoms with E-state index in [0.29, 0.717) is 6.32 Å². The van der Waals surface area contributed by atoms with Crippen LogP contribution in [0.25, 0.3) is 0 Å². The third-order valence-electron chi connectivity index (χ3n) is 2.81. The Balaban J connectivity index is 1.81. The molecule has 0 radical (unpaired) electrons. The monoisotopic (exact) mass is 214 g/mol. The molecule has 0 heterocycles. The third-order valence-corrected chi connectivity index (χ3v) is 2.81. The predicted molar refractivity (Wildman–Crippen MR) is 62.5 cm³/mol. The van der Waals surface area contributed by atoms with Gasteiger partial charge in [0.1, 0.15) is 0 Å². The fourth-order valence-corrected chi connectivity index (χ4v) is 1.64. The number of hydrogen-bond donors (Lipinski definition) is 4. The lowest BCUT2D eigenvalue weighted by molar-refractivity contribution is 0.400. The quantitative estimate of drug-likeness (QED) is 0.324. The van der Waals surface area contributed by atoms with Gasteiger partial charge in [-0.2, -0.15) is 0 Å². The molecule has 15 heavy (non-hydrogen) atoms. The highest BCUT2D eigenvalue weighted by Crippen LogP contribution is 2.18. The highest BCUT2D eigenvalue weighted by molar-refractivity contribution is 6.40. The van der Waals surface area contributed by atoms with Gasteiger partial charge >= 0.3 is 7.12 Å². The van der Waals surface area contributed by atoms with E-state index in [1.807, 2.05) is 0 Å². The average Bonchev–Trinajstić information content (AvgIpc) is 2.96. The second-order valence-electron chi connectivity index (χ2n) is 4.54. The van der Waals surface area contributed by atoms with Crippen molar-refractivity contribution in [2.24, 2.45) is 5.73 Å². The molecule has 0 aliphatic heterocycles. The zero-order chi connectivity index (χ0) is 11.1. The molecule has 0 spiro atoms. The highest BCUT2D eigenvalue weighted by atomic mass is 16.4. The molecule has 1 rings (SSSR count). The van der Waals surface area contributed by atoms with Crippen LogP contribution in [0, 0.1) is 0 Å². The normalized spacial score (nSPS) is 17.8. The molecule has 0 aromatic carbocycles. The lowest BCUT2D eigenvalue weighted by Crippen LogP contribution is -2.27. The third kappa shape index (κ3) is 7.79. The molecule has 5 heteroatoms. The van der Waals surface area contributed by atoms with Crippen molar-refractivity contribution in [1.82, 2.24) is 5.32 Å². The summed E-state index contributed by atoms with van der Waals surface area (Å²) in [7, 11) is -1.15. The predicted octanol–water partition coefficient (Wildman–Crippen LogP) is 0.0989. The fourth-order valence-electron chi connectivity index (χ4n) is 1.64. The summed E-state index contributed by atoms with van der Waals surface area (Å²) >= 11 is 0. The molecule has 0 aromatic heterocycles. The Hall–Kier alpha value is -0.0951. The molecule has 0 bridgehead atoms. The molecule has 0 saturated heterocycles. The van der Waals surface area contributed by atoms with Crippen molar-refractivity contribution >= 4 is 7.12 Å². The van der Waals surface area contributed by atoms with Gasteiger partial charge in [-0.1, -0.05) is 12.8 Å². The number of hydrogen-bond acceptors (Lipinski definition) is 4. The maximum Gasteiger partial charge on any atom is 0.451 e. The summed E-state index contributed by atoms with van der Waals surface area (Å²) < 4.78 is 0. The van der Waals surface area contributed by atoms with Crippen LogP contribution < -0.4 is 11.1 Å². The number of rotatable bonds is 9. The second kappa shape index (κ2) is 7.22. The lowest BCUT2D eigenvalue weighted by atomic mass is 9.83. The Labute approximate surface area is 92.4 Å². The molecule has 1 atom stereocenters. The highest BCUT2D eigenvalue weighted by Gasteiger charge is 2.19. The van der Waals surface area contributed by atoms with Crippen LogP contribution in [0.15, 0.2) is 0 Å². The molecule has 0 aromatic rings. The largest absolute Gasteiger partial charge is 0.451 e. The van der Waals surface area contributed by atoms with Crippen LogP contribution in [0.4, 0.5) is 0 Å². The first-order valence-electron chi connectivity index (χ1n) is 6.03. The summed E-state index contributed by atoms with van der Waals surface area (Å²) in [5, 5.41) is 20.7. The van der Waals surface area contributed by atoms with Gasteiger partial charge in [0, 0.05) is 12.1 Å². The van der Waals surface area contributed by atoms with Gasteiger partial charge in [-0.25, -0.2) is 0 Å². The zero-order valence-corrected chi connectivity index (χ0v) is 9.36. The summed E-state index contributed by atoms with van der Waals surface area (Å²) in [4.78, 5) is 0. The van der Waals surface area contributed by atoms with Crippen LogP contribution >= 0.6 is 0 Å². The van der Waals surface area contributed by atoms with Crippen LogP contribution in [0.3, 0.4) is 0 Å². The first-order valence-corrected chi connectivity index (χ1v) is 6.03. The van der Waals surface area contributed by atoms with Crippen molar-refractivity contribution in [3.63, 3.8) is 0 Å². The summed E-state index contributed by atoms with van der Waals surface area (Å²) in [6, 6.07) is 1.02. The Bertz CT molecular complexity index is 166. The van der Waals surface area contributed by atoms with Crippen LogP contribution in [-0.4, -0.2) is 35.8 Å². The molecule has 1 saturated carbocycles. The summed E-state index contributed by atoms with van der Waals surface area (Å²) in [6.07, 6.45) is 6.96. The van der Waals surface area contributed by atoms with Crippen LogP contribution in [0.1, 0.15) is 38.5 Å². The van der Waals surface area contributed by atoms with Gasteiger partial charge in [-0.3, -0.25) is 0 Å². The van der Waals surface area contributed by atoms with E-state index in [1.54, 1.807) is 0 Å². The van der Waals surface area contributed by atoms with Crippen molar-refractivity contribution in [2.75, 3.05) is 6.54 Å². The molecule has 1 aliphatic rings. The van der Waals surface area contributed by atoms with Crippen LogP contribution in [-0.2, 0) is 0 Å². The Kier molecular flexibility index (Phi) is 6.25. The molecule has 1 unspecified atom stereocenters. The van der Waals surface area contributed by atoms with Crippen molar-refractivity contribution in [2.45, 2.75) is 56.9 Å². The standard InChI is InChI=1S/C10H23BN2O2/c12-9(3-1-2-7-11(14)15)6-8-13-10-4-5-10/h9-10,13-15H,1-8,12H2. The first kappa shape index (κ1) is 13.0. The van der Waals surface area contributed by atoms with E-state index < -0.39 is 7.12 Å². The lowest BCUT2D eigenvalue weighted by Gasteiger charge is -2.11. The minimum Gasteiger partial charge on any atom is -0.427 e. The summed E-state index contributed by atoms with van der Waals surface area (Å²) in [5.41, 5.74) is 5.93. The maximum absolute atomic E-state index is 8.64. The number of nitrogens with one attached hydrogen (secondary N) is 1. The van der Waals surface area contributed by atoms with Crippen LogP contribution in [0.5, 0.6) is 0 Å². The number of unbranched alkanes of at least 4 members (excludes halogenated alkanes) is 1. The maximum atomic E-state index is 8.64. The van der Waals surface area contributed by atoms with E-state index in [1.165, 1.54) is 12.8 Å². The topological polar surface area (TPSA) is 78.5 Å². The first-order chi connectivity index (χ1) is 7.18. The van der Waals surface area contributed by atoms with Gasteiger partial charge in [0.15, 0.2) is 0 Å². The zero-order valence-electron chi connectivity index (χ0n) is 9.36. The molecule has 1 aliphatic carbocycles. The molecular weight excluding hydrogens is 191 g/mol. The second-order valence-corrected chi connectivity index (χ2v) is 4.54. The molecular formula is C10H23BN2O2. The van der Waals surface area contributed by atoms with Crippen molar-refractivity contribution < 1.29 is 10.0 Å². The van der Waals surface area contributed by atoms with Crippen molar-refractivity contribution in [3.05, 3.63) is 0 Å². The molecule has 1 fully saturated rings. The Morgan fingerprint density at radius 1 is 1.27 bits per heavy atom. The van der Waals surface area contributed by atoms with E-state index in [2.05, 4.69) is 5.32 Å². The van der Waals surface area contributed by atoms with Crippen molar-refractivity contribution in [3.8, 4) is 0 Å². The van der Waals surface area contributed by atoms with Gasteiger partial charge in [-0.05, 0) is 38.5 Å². The van der Waals surface area contributed by atoms with E-state index in [0.717, 1.165) is 38.3 Å². The number of nitrogens with two attached hydrogens (primary N) is 1. The summed E-state index contributed by atoms with van der Waals surface area (Å²) in [5.74, 6) is 0. The van der Waals surface area contributed by atoms with Crippen LogP contribution in [0.2, 0.25) is 6.32 Å². The molecule has 88 valence electrons. The minimum atomic E-state index is -1.15. The van der Waals surface area contributed by atoms with E-state index in [-0.39, 0.29) is 6.04 Å². The van der Waals surface area contributed by atoms with Gasteiger partial charge in [-0.15, -0.1) is 0 Å². The molecule has 0 amide bonds. The SMILES string of the molecule is NC(CCCCB(O)O)CCNC1CC1. The fraction of sp³-hybridized carbons (Fsp3) is 1.00. The van der Waals surface area contributed by atoms with E-state index >= 15 is 0 Å². The average molecular weight is 214 g/mol. The van der Waals surface area contributed by atoms with Gasteiger partial charge in [0.25, 0.3) is 0 Å². The van der Waals surface area contributed by atoms with Crippen molar-refractivity contribution in [1.29, 1.82) is 0 Å². The molecule has 5 N–H and O–H groups in total. The van der Waals surface area contributed by atoms with E-state index in [9.17, 15) is 0 Å². The summed E-state index contributed by atoms with van der Waals surface area (Å²) in [6.45, 7) is 1.02. The Morgan fingerprint density at radius 3 is 2.60 bits per heavy atom. The van der Waals surface area contributed by atoms with Gasteiger partial charge in [0.2, 0.25) is 0 Å². The van der Waals surface area contributed by atoms with Gasteiger partial charge < -0.3 is 21.1 Å². The minimum absolute atomic E-state index is 0.257. The van der Waals surface area contributed by atoms with Gasteiger partial charge in [0.05, 0.1) is 0 Å².